The number of thiazole rings is 1. The molecule has 2 N–H and O–H groups in total. The minimum atomic E-state index is 0.508. The summed E-state index contributed by atoms with van der Waals surface area (Å²) < 4.78 is 0.621. The molecule has 0 unspecified atom stereocenters. The Balaban J connectivity index is 2.54. The lowest BCUT2D eigenvalue weighted by molar-refractivity contribution is 0.980. The van der Waals surface area contributed by atoms with Crippen LogP contribution < -0.4 is 5.73 Å². The molecule has 84 valence electrons. The fourth-order valence-corrected chi connectivity index (χ4v) is 2.23. The number of nitrogen functional groups attached to an aromatic ring is 1. The molecule has 0 saturated carbocycles. The number of aryl methyl sites for hydroxylation is 1. The predicted molar refractivity (Wildman–Crippen MR) is 66.7 cm³/mol. The van der Waals surface area contributed by atoms with Crippen molar-refractivity contribution in [3.05, 3.63) is 21.8 Å². The fourth-order valence-electron chi connectivity index (χ4n) is 1.38. The highest BCUT2D eigenvalue weighted by molar-refractivity contribution is 7.18. The topological polar surface area (TPSA) is 64.7 Å². The monoisotopic (exact) mass is 254 g/mol. The fraction of sp³-hybridized carbons (Fsp3) is 0.300. The van der Waals surface area contributed by atoms with Gasteiger partial charge in [-0.1, -0.05) is 29.9 Å². The standard InChI is InChI=1S/C10H11ClN4S/c1-3-6-5(2)8(12)15-9(14-6)10-13-4-7(11)16-10/h4H,3H2,1-2H3,(H2,12,14,15). The van der Waals surface area contributed by atoms with Gasteiger partial charge in [0.25, 0.3) is 0 Å². The molecule has 0 saturated heterocycles. The van der Waals surface area contributed by atoms with Gasteiger partial charge < -0.3 is 5.73 Å². The van der Waals surface area contributed by atoms with E-state index in [4.69, 9.17) is 17.3 Å². The Kier molecular flexibility index (Phi) is 3.07. The number of nitrogens with zero attached hydrogens (tertiary/aromatic N) is 3. The van der Waals surface area contributed by atoms with Gasteiger partial charge in [-0.3, -0.25) is 0 Å². The summed E-state index contributed by atoms with van der Waals surface area (Å²) in [4.78, 5) is 12.8. The van der Waals surface area contributed by atoms with Crippen LogP contribution in [-0.4, -0.2) is 15.0 Å². The number of aromatic nitrogens is 3. The maximum atomic E-state index is 5.83. The maximum Gasteiger partial charge on any atom is 0.190 e. The first-order chi connectivity index (χ1) is 7.61. The third kappa shape index (κ3) is 2.01. The van der Waals surface area contributed by atoms with Crippen LogP contribution in [0.3, 0.4) is 0 Å². The van der Waals surface area contributed by atoms with E-state index >= 15 is 0 Å². The van der Waals surface area contributed by atoms with Crippen LogP contribution in [0, 0.1) is 6.92 Å². The maximum absolute atomic E-state index is 5.83. The summed E-state index contributed by atoms with van der Waals surface area (Å²) in [6, 6.07) is 0. The number of rotatable bonds is 2. The van der Waals surface area contributed by atoms with Crippen molar-refractivity contribution in [2.75, 3.05) is 5.73 Å². The Morgan fingerprint density at radius 3 is 2.75 bits per heavy atom. The molecule has 0 aliphatic heterocycles. The van der Waals surface area contributed by atoms with Crippen molar-refractivity contribution in [2.45, 2.75) is 20.3 Å². The van der Waals surface area contributed by atoms with Crippen LogP contribution in [0.4, 0.5) is 5.82 Å². The highest BCUT2D eigenvalue weighted by atomic mass is 35.5. The second-order valence-corrected chi connectivity index (χ2v) is 4.99. The molecule has 0 spiro atoms. The van der Waals surface area contributed by atoms with E-state index in [1.165, 1.54) is 11.3 Å². The van der Waals surface area contributed by atoms with Crippen LogP contribution in [0.15, 0.2) is 6.20 Å². The van der Waals surface area contributed by atoms with E-state index in [2.05, 4.69) is 15.0 Å². The molecule has 0 aliphatic rings. The van der Waals surface area contributed by atoms with Crippen molar-refractivity contribution < 1.29 is 0 Å². The Morgan fingerprint density at radius 2 is 2.19 bits per heavy atom. The number of halogens is 1. The van der Waals surface area contributed by atoms with Crippen LogP contribution in [0.1, 0.15) is 18.2 Å². The lowest BCUT2D eigenvalue weighted by Crippen LogP contribution is -2.03. The van der Waals surface area contributed by atoms with Crippen molar-refractivity contribution in [1.29, 1.82) is 0 Å². The minimum absolute atomic E-state index is 0.508. The van der Waals surface area contributed by atoms with Crippen molar-refractivity contribution in [3.8, 4) is 10.8 Å². The number of anilines is 1. The average molecular weight is 255 g/mol. The van der Waals surface area contributed by atoms with E-state index in [9.17, 15) is 0 Å². The molecule has 0 fully saturated rings. The van der Waals surface area contributed by atoms with Crippen LogP contribution in [0.2, 0.25) is 4.34 Å². The van der Waals surface area contributed by atoms with Gasteiger partial charge in [-0.2, -0.15) is 0 Å². The SMILES string of the molecule is CCc1nc(-c2ncc(Cl)s2)nc(N)c1C. The van der Waals surface area contributed by atoms with Crippen molar-refractivity contribution >= 4 is 28.8 Å². The summed E-state index contributed by atoms with van der Waals surface area (Å²) >= 11 is 7.17. The van der Waals surface area contributed by atoms with Gasteiger partial charge in [0.15, 0.2) is 10.8 Å². The zero-order valence-electron chi connectivity index (χ0n) is 8.99. The molecular formula is C10H11ClN4S. The molecule has 4 nitrogen and oxygen atoms in total. The first-order valence-corrected chi connectivity index (χ1v) is 6.06. The molecular weight excluding hydrogens is 244 g/mol. The van der Waals surface area contributed by atoms with Gasteiger partial charge in [0.1, 0.15) is 10.2 Å². The molecule has 0 aliphatic carbocycles. The summed E-state index contributed by atoms with van der Waals surface area (Å²) in [7, 11) is 0. The molecule has 2 heterocycles. The summed E-state index contributed by atoms with van der Waals surface area (Å²) in [5.74, 6) is 1.06. The highest BCUT2D eigenvalue weighted by Crippen LogP contribution is 2.27. The minimum Gasteiger partial charge on any atom is -0.383 e. The van der Waals surface area contributed by atoms with Crippen LogP contribution in [-0.2, 0) is 6.42 Å². The molecule has 0 aromatic carbocycles. The Labute approximate surface area is 103 Å². The van der Waals surface area contributed by atoms with Gasteiger partial charge >= 0.3 is 0 Å². The lowest BCUT2D eigenvalue weighted by Gasteiger charge is -2.06. The summed E-state index contributed by atoms with van der Waals surface area (Å²) in [6.45, 7) is 3.96. The first-order valence-electron chi connectivity index (χ1n) is 4.86. The predicted octanol–water partition coefficient (Wildman–Crippen LogP) is 2.71. The van der Waals surface area contributed by atoms with Gasteiger partial charge in [-0.25, -0.2) is 15.0 Å². The third-order valence-corrected chi connectivity index (χ3v) is 3.40. The Morgan fingerprint density at radius 1 is 1.44 bits per heavy atom. The van der Waals surface area contributed by atoms with E-state index in [0.717, 1.165) is 17.7 Å². The van der Waals surface area contributed by atoms with Gasteiger partial charge in [0.05, 0.1) is 6.20 Å². The van der Waals surface area contributed by atoms with Crippen molar-refractivity contribution in [2.24, 2.45) is 0 Å². The smallest absolute Gasteiger partial charge is 0.190 e. The van der Waals surface area contributed by atoms with Crippen LogP contribution >= 0.6 is 22.9 Å². The van der Waals surface area contributed by atoms with Crippen molar-refractivity contribution in [1.82, 2.24) is 15.0 Å². The van der Waals surface area contributed by atoms with E-state index in [-0.39, 0.29) is 0 Å². The van der Waals surface area contributed by atoms with Crippen LogP contribution in [0.5, 0.6) is 0 Å². The number of nitrogens with two attached hydrogens (primary N) is 1. The molecule has 0 amide bonds. The zero-order valence-corrected chi connectivity index (χ0v) is 10.6. The molecule has 2 rings (SSSR count). The lowest BCUT2D eigenvalue weighted by atomic mass is 10.2. The van der Waals surface area contributed by atoms with Gasteiger partial charge in [0.2, 0.25) is 0 Å². The molecule has 0 atom stereocenters. The molecule has 16 heavy (non-hydrogen) atoms. The quantitative estimate of drug-likeness (QED) is 0.895. The van der Waals surface area contributed by atoms with Gasteiger partial charge in [-0.05, 0) is 13.3 Å². The second-order valence-electron chi connectivity index (χ2n) is 3.33. The van der Waals surface area contributed by atoms with E-state index in [1.807, 2.05) is 13.8 Å². The average Bonchev–Trinajstić information content (AvgIpc) is 2.69. The molecule has 2 aromatic heterocycles. The normalized spacial score (nSPS) is 10.7. The second kappa shape index (κ2) is 4.35. The Bertz CT molecular complexity index is 524. The largest absolute Gasteiger partial charge is 0.383 e. The van der Waals surface area contributed by atoms with Gasteiger partial charge in [-0.15, -0.1) is 0 Å². The Hall–Kier alpha value is -1.20. The first kappa shape index (κ1) is 11.3. The van der Waals surface area contributed by atoms with Crippen molar-refractivity contribution in [3.63, 3.8) is 0 Å². The third-order valence-electron chi connectivity index (χ3n) is 2.29. The van der Waals surface area contributed by atoms with E-state index in [0.29, 0.717) is 21.0 Å². The van der Waals surface area contributed by atoms with Crippen LogP contribution in [0.25, 0.3) is 10.8 Å². The summed E-state index contributed by atoms with van der Waals surface area (Å²) in [5.41, 5.74) is 7.73. The molecule has 6 heteroatoms. The van der Waals surface area contributed by atoms with E-state index < -0.39 is 0 Å². The van der Waals surface area contributed by atoms with E-state index in [1.54, 1.807) is 6.20 Å². The van der Waals surface area contributed by atoms with Gasteiger partial charge in [0, 0.05) is 11.3 Å². The summed E-state index contributed by atoms with van der Waals surface area (Å²) in [5, 5.41) is 0.700. The highest BCUT2D eigenvalue weighted by Gasteiger charge is 2.11. The summed E-state index contributed by atoms with van der Waals surface area (Å²) in [6.07, 6.45) is 2.41. The molecule has 2 aromatic rings. The zero-order chi connectivity index (χ0) is 11.7. The molecule has 0 bridgehead atoms. The number of hydrogen-bond acceptors (Lipinski definition) is 5. The molecule has 0 radical (unpaired) electrons. The number of hydrogen-bond donors (Lipinski definition) is 1.